The molecule has 1 heterocycles. The minimum Gasteiger partial charge on any atom is -0.429 e. The molecular formula is C24H41O6+. The maximum atomic E-state index is 10.4. The SMILES string of the molecule is COC1CC2[OH+]C(C3CCC(O)C(O)C3)CCC2C2CCC3CC(O)C(O)CC3C12. The van der Waals surface area contributed by atoms with Crippen molar-refractivity contribution in [3.8, 4) is 0 Å². The lowest BCUT2D eigenvalue weighted by Crippen LogP contribution is -2.59. The van der Waals surface area contributed by atoms with Crippen LogP contribution in [-0.4, -0.2) is 75.0 Å². The number of fused-ring (bicyclic) bond motifs is 5. The van der Waals surface area contributed by atoms with E-state index in [4.69, 9.17) is 9.47 Å². The van der Waals surface area contributed by atoms with E-state index in [0.717, 1.165) is 32.1 Å². The first-order valence-corrected chi connectivity index (χ1v) is 12.4. The van der Waals surface area contributed by atoms with Crippen molar-refractivity contribution in [1.82, 2.24) is 0 Å². The summed E-state index contributed by atoms with van der Waals surface area (Å²) in [6.45, 7) is 0. The molecule has 5 fully saturated rings. The van der Waals surface area contributed by atoms with Crippen molar-refractivity contribution in [3.63, 3.8) is 0 Å². The van der Waals surface area contributed by atoms with Gasteiger partial charge in [-0.25, -0.2) is 0 Å². The molecule has 6 heteroatoms. The van der Waals surface area contributed by atoms with E-state index in [2.05, 4.69) is 0 Å². The quantitative estimate of drug-likeness (QED) is 0.501. The zero-order valence-electron chi connectivity index (χ0n) is 18.2. The van der Waals surface area contributed by atoms with Crippen molar-refractivity contribution in [1.29, 1.82) is 0 Å². The van der Waals surface area contributed by atoms with Gasteiger partial charge in [0.2, 0.25) is 0 Å². The summed E-state index contributed by atoms with van der Waals surface area (Å²) in [5.41, 5.74) is 0. The summed E-state index contributed by atoms with van der Waals surface area (Å²) in [7, 11) is 1.83. The fourth-order valence-electron chi connectivity index (χ4n) is 8.28. The van der Waals surface area contributed by atoms with Crippen LogP contribution in [0, 0.1) is 35.5 Å². The molecule has 4 aliphatic carbocycles. The Morgan fingerprint density at radius 2 is 1.27 bits per heavy atom. The summed E-state index contributed by atoms with van der Waals surface area (Å²) >= 11 is 0. The van der Waals surface area contributed by atoms with Gasteiger partial charge in [0, 0.05) is 31.8 Å². The van der Waals surface area contributed by atoms with Crippen LogP contribution in [0.1, 0.15) is 64.2 Å². The number of hydrogen-bond acceptors (Lipinski definition) is 5. The Bertz CT molecular complexity index is 600. The van der Waals surface area contributed by atoms with Crippen LogP contribution in [0.3, 0.4) is 0 Å². The van der Waals surface area contributed by atoms with E-state index in [1.807, 2.05) is 7.11 Å². The molecule has 5 N–H and O–H groups in total. The van der Waals surface area contributed by atoms with Gasteiger partial charge in [0.05, 0.1) is 30.5 Å². The van der Waals surface area contributed by atoms with Gasteiger partial charge in [0.25, 0.3) is 0 Å². The second-order valence-electron chi connectivity index (χ2n) is 11.1. The van der Waals surface area contributed by atoms with Crippen molar-refractivity contribution in [2.75, 3.05) is 7.11 Å². The Balaban J connectivity index is 1.30. The average Bonchev–Trinajstić information content (AvgIpc) is 2.75. The number of methoxy groups -OCH3 is 1. The number of ether oxygens (including phenoxy) is 2. The highest BCUT2D eigenvalue weighted by atomic mass is 16.5. The van der Waals surface area contributed by atoms with Crippen molar-refractivity contribution < 1.29 is 29.9 Å². The first-order valence-electron chi connectivity index (χ1n) is 12.4. The van der Waals surface area contributed by atoms with Crippen LogP contribution >= 0.6 is 0 Å². The van der Waals surface area contributed by atoms with E-state index >= 15 is 0 Å². The van der Waals surface area contributed by atoms with Crippen LogP contribution in [0.4, 0.5) is 0 Å². The molecular weight excluding hydrogens is 384 g/mol. The summed E-state index contributed by atoms with van der Waals surface area (Å²) in [5.74, 6) is 3.08. The molecule has 6 nitrogen and oxygen atoms in total. The topological polar surface area (TPSA) is 103 Å². The standard InChI is InChI=1S/C24H40O6/c1-29-23-11-22-14(5-7-21(30-22)13-3-6-17(25)18(26)9-13)15-4-2-12-8-19(27)20(28)10-16(12)24(15)23/h12-28H,2-11H2,1H3/p+1. The van der Waals surface area contributed by atoms with Crippen LogP contribution in [0.5, 0.6) is 0 Å². The highest BCUT2D eigenvalue weighted by Gasteiger charge is 2.57. The highest BCUT2D eigenvalue weighted by Crippen LogP contribution is 2.56. The Hall–Kier alpha value is -0.240. The molecule has 13 unspecified atom stereocenters. The molecule has 0 aromatic heterocycles. The van der Waals surface area contributed by atoms with Crippen LogP contribution in [0.25, 0.3) is 0 Å². The summed E-state index contributed by atoms with van der Waals surface area (Å²) in [4.78, 5) is 0. The van der Waals surface area contributed by atoms with Crippen molar-refractivity contribution in [2.24, 2.45) is 35.5 Å². The smallest absolute Gasteiger partial charge is 0.160 e. The predicted molar refractivity (Wildman–Crippen MR) is 112 cm³/mol. The summed E-state index contributed by atoms with van der Waals surface area (Å²) in [6, 6.07) is 0. The summed E-state index contributed by atoms with van der Waals surface area (Å²) in [5, 5.41) is 40.6. The van der Waals surface area contributed by atoms with Gasteiger partial charge in [-0.2, -0.15) is 0 Å². The van der Waals surface area contributed by atoms with E-state index in [1.165, 1.54) is 12.8 Å². The molecule has 172 valence electrons. The van der Waals surface area contributed by atoms with E-state index in [1.54, 1.807) is 0 Å². The summed E-state index contributed by atoms with van der Waals surface area (Å²) < 4.78 is 11.4. The lowest BCUT2D eigenvalue weighted by atomic mass is 9.52. The number of aliphatic hydroxyl groups is 6. The molecule has 1 saturated heterocycles. The number of aliphatic hydroxyl groups excluding tert-OH is 4. The lowest BCUT2D eigenvalue weighted by molar-refractivity contribution is -0.280. The second kappa shape index (κ2) is 8.60. The normalized spacial score (nSPS) is 56.5. The van der Waals surface area contributed by atoms with Gasteiger partial charge in [0.1, 0.15) is 0 Å². The van der Waals surface area contributed by atoms with E-state index < -0.39 is 24.4 Å². The minimum absolute atomic E-state index is 0.188. The largest absolute Gasteiger partial charge is 0.429 e. The number of rotatable bonds is 2. The maximum absolute atomic E-state index is 10.4. The molecule has 1 aliphatic heterocycles. The maximum Gasteiger partial charge on any atom is 0.160 e. The van der Waals surface area contributed by atoms with Gasteiger partial charge >= 0.3 is 0 Å². The summed E-state index contributed by atoms with van der Waals surface area (Å²) in [6.07, 6.45) is 7.95. The monoisotopic (exact) mass is 425 g/mol. The Morgan fingerprint density at radius 3 is 2.03 bits per heavy atom. The fourth-order valence-corrected chi connectivity index (χ4v) is 8.28. The Labute approximate surface area is 180 Å². The molecule has 0 bridgehead atoms. The van der Waals surface area contributed by atoms with Crippen LogP contribution in [0.15, 0.2) is 0 Å². The van der Waals surface area contributed by atoms with Crippen molar-refractivity contribution in [3.05, 3.63) is 0 Å². The average molecular weight is 426 g/mol. The van der Waals surface area contributed by atoms with Gasteiger partial charge in [-0.3, -0.25) is 0 Å². The van der Waals surface area contributed by atoms with Gasteiger partial charge in [-0.1, -0.05) is 0 Å². The molecule has 0 aromatic carbocycles. The van der Waals surface area contributed by atoms with Crippen LogP contribution in [-0.2, 0) is 4.74 Å². The zero-order valence-corrected chi connectivity index (χ0v) is 18.2. The third-order valence-corrected chi connectivity index (χ3v) is 9.76. The Morgan fingerprint density at radius 1 is 0.600 bits per heavy atom. The lowest BCUT2D eigenvalue weighted by Gasteiger charge is -2.56. The van der Waals surface area contributed by atoms with Crippen LogP contribution in [0.2, 0.25) is 0 Å². The number of hydrogen-bond donors (Lipinski definition) is 4. The zero-order chi connectivity index (χ0) is 21.0. The van der Waals surface area contributed by atoms with Gasteiger partial charge < -0.3 is 29.9 Å². The predicted octanol–water partition coefficient (Wildman–Crippen LogP) is 1.38. The highest BCUT2D eigenvalue weighted by molar-refractivity contribution is 5.04. The van der Waals surface area contributed by atoms with E-state index in [0.29, 0.717) is 67.0 Å². The van der Waals surface area contributed by atoms with Crippen LogP contribution < -0.4 is 0 Å². The Kier molecular flexibility index (Phi) is 6.19. The third-order valence-electron chi connectivity index (χ3n) is 9.76. The van der Waals surface area contributed by atoms with Crippen molar-refractivity contribution >= 4 is 0 Å². The molecule has 0 spiro atoms. The van der Waals surface area contributed by atoms with E-state index in [9.17, 15) is 20.4 Å². The third kappa shape index (κ3) is 3.75. The van der Waals surface area contributed by atoms with E-state index in [-0.39, 0.29) is 6.10 Å². The fraction of sp³-hybridized carbons (Fsp3) is 1.00. The molecule has 5 aliphatic rings. The molecule has 4 saturated carbocycles. The molecule has 30 heavy (non-hydrogen) atoms. The molecule has 13 atom stereocenters. The van der Waals surface area contributed by atoms with Gasteiger partial charge in [0.15, 0.2) is 12.2 Å². The van der Waals surface area contributed by atoms with Gasteiger partial charge in [-0.05, 0) is 75.0 Å². The second-order valence-corrected chi connectivity index (χ2v) is 11.1. The molecule has 0 radical (unpaired) electrons. The first kappa shape index (κ1) is 21.6. The molecule has 0 amide bonds. The van der Waals surface area contributed by atoms with Crippen molar-refractivity contribution in [2.45, 2.75) is 107 Å². The molecule has 0 aromatic rings. The van der Waals surface area contributed by atoms with Gasteiger partial charge in [-0.15, -0.1) is 0 Å². The molecule has 5 rings (SSSR count). The minimum atomic E-state index is -0.595. The first-order chi connectivity index (χ1) is 14.5.